The summed E-state index contributed by atoms with van der Waals surface area (Å²) >= 11 is 15.7. The number of aromatic nitrogens is 1. The maximum Gasteiger partial charge on any atom is 0.151 e. The molecule has 100 valence electrons. The van der Waals surface area contributed by atoms with Crippen LogP contribution >= 0.6 is 39.1 Å². The van der Waals surface area contributed by atoms with Gasteiger partial charge in [-0.15, -0.1) is 0 Å². The summed E-state index contributed by atoms with van der Waals surface area (Å²) in [5.41, 5.74) is 2.02. The second-order valence-electron chi connectivity index (χ2n) is 3.94. The monoisotopic (exact) mass is 359 g/mol. The van der Waals surface area contributed by atoms with E-state index in [-0.39, 0.29) is 0 Å². The van der Waals surface area contributed by atoms with Crippen molar-refractivity contribution in [3.8, 4) is 0 Å². The Kier molecular flexibility index (Phi) is 4.55. The topological polar surface area (TPSA) is 37.0 Å². The molecule has 2 rings (SSSR count). The van der Waals surface area contributed by atoms with Crippen molar-refractivity contribution < 1.29 is 0 Å². The van der Waals surface area contributed by atoms with E-state index in [1.165, 1.54) is 0 Å². The van der Waals surface area contributed by atoms with Gasteiger partial charge in [-0.05, 0) is 30.7 Å². The van der Waals surface area contributed by atoms with Crippen molar-refractivity contribution in [2.45, 2.75) is 6.92 Å². The third-order valence-corrected chi connectivity index (χ3v) is 4.12. The first-order chi connectivity index (χ1) is 9.02. The maximum atomic E-state index is 6.15. The number of pyridine rings is 1. The third-order valence-electron chi connectivity index (χ3n) is 2.69. The molecular formula is C13H12BrCl2N3. The molecule has 2 N–H and O–H groups in total. The van der Waals surface area contributed by atoms with Gasteiger partial charge in [-0.2, -0.15) is 0 Å². The highest BCUT2D eigenvalue weighted by Crippen LogP contribution is 2.32. The van der Waals surface area contributed by atoms with Gasteiger partial charge in [-0.25, -0.2) is 4.98 Å². The number of nitrogens with zero attached hydrogens (tertiary/aromatic N) is 1. The first-order valence-corrected chi connectivity index (χ1v) is 7.13. The van der Waals surface area contributed by atoms with Gasteiger partial charge in [0.05, 0.1) is 10.0 Å². The molecule has 0 saturated heterocycles. The predicted octanol–water partition coefficient (Wildman–Crippen LogP) is 5.24. The first kappa shape index (κ1) is 14.4. The van der Waals surface area contributed by atoms with E-state index in [1.807, 2.05) is 25.1 Å². The molecule has 1 aromatic carbocycles. The van der Waals surface area contributed by atoms with Gasteiger partial charge in [0.2, 0.25) is 0 Å². The number of anilines is 3. The molecule has 0 fully saturated rings. The number of hydrogen-bond donors (Lipinski definition) is 2. The van der Waals surface area contributed by atoms with Gasteiger partial charge in [0.15, 0.2) is 5.82 Å². The second-order valence-corrected chi connectivity index (χ2v) is 5.61. The number of nitrogens with one attached hydrogen (secondary N) is 2. The van der Waals surface area contributed by atoms with E-state index < -0.39 is 0 Å². The molecule has 0 amide bonds. The number of rotatable bonds is 3. The van der Waals surface area contributed by atoms with Crippen molar-refractivity contribution in [3.63, 3.8) is 0 Å². The maximum absolute atomic E-state index is 6.15. The van der Waals surface area contributed by atoms with E-state index in [9.17, 15) is 0 Å². The summed E-state index contributed by atoms with van der Waals surface area (Å²) in [6.45, 7) is 2.01. The molecule has 2 aromatic rings. The van der Waals surface area contributed by atoms with Crippen LogP contribution in [-0.2, 0) is 0 Å². The van der Waals surface area contributed by atoms with Crippen LogP contribution in [-0.4, -0.2) is 12.0 Å². The van der Waals surface area contributed by atoms with E-state index in [0.29, 0.717) is 21.7 Å². The van der Waals surface area contributed by atoms with Crippen LogP contribution in [0.1, 0.15) is 5.56 Å². The van der Waals surface area contributed by atoms with Crippen LogP contribution in [0, 0.1) is 6.92 Å². The molecule has 6 heteroatoms. The van der Waals surface area contributed by atoms with E-state index in [2.05, 4.69) is 31.5 Å². The zero-order valence-corrected chi connectivity index (χ0v) is 13.5. The molecule has 0 spiro atoms. The summed E-state index contributed by atoms with van der Waals surface area (Å²) in [6, 6.07) is 7.56. The van der Waals surface area contributed by atoms with E-state index in [4.69, 9.17) is 23.2 Å². The lowest BCUT2D eigenvalue weighted by molar-refractivity contribution is 1.27. The quantitative estimate of drug-likeness (QED) is 0.785. The summed E-state index contributed by atoms with van der Waals surface area (Å²) in [5, 5.41) is 7.10. The molecule has 1 heterocycles. The Morgan fingerprint density at radius 3 is 2.53 bits per heavy atom. The van der Waals surface area contributed by atoms with Crippen LogP contribution in [0.25, 0.3) is 0 Å². The summed E-state index contributed by atoms with van der Waals surface area (Å²) in [6.07, 6.45) is 0. The Hall–Kier alpha value is -0.970. The van der Waals surface area contributed by atoms with Crippen LogP contribution in [0.3, 0.4) is 0 Å². The highest BCUT2D eigenvalue weighted by atomic mass is 79.9. The zero-order chi connectivity index (χ0) is 14.0. The van der Waals surface area contributed by atoms with Crippen LogP contribution in [0.5, 0.6) is 0 Å². The van der Waals surface area contributed by atoms with Crippen molar-refractivity contribution >= 4 is 56.5 Å². The molecule has 19 heavy (non-hydrogen) atoms. The lowest BCUT2D eigenvalue weighted by Gasteiger charge is -2.13. The molecule has 0 radical (unpaired) electrons. The van der Waals surface area contributed by atoms with Crippen molar-refractivity contribution in [3.05, 3.63) is 44.3 Å². The van der Waals surface area contributed by atoms with E-state index in [1.54, 1.807) is 13.1 Å². The SMILES string of the molecule is CNc1nc(Nc2cccc(Br)c2C)c(Cl)cc1Cl. The molecular weight excluding hydrogens is 349 g/mol. The Morgan fingerprint density at radius 1 is 1.16 bits per heavy atom. The highest BCUT2D eigenvalue weighted by molar-refractivity contribution is 9.10. The fraction of sp³-hybridized carbons (Fsp3) is 0.154. The molecule has 3 nitrogen and oxygen atoms in total. The van der Waals surface area contributed by atoms with Gasteiger partial charge >= 0.3 is 0 Å². The van der Waals surface area contributed by atoms with Crippen molar-refractivity contribution in [2.24, 2.45) is 0 Å². The molecule has 0 atom stereocenters. The van der Waals surface area contributed by atoms with E-state index >= 15 is 0 Å². The summed E-state index contributed by atoms with van der Waals surface area (Å²) in [7, 11) is 1.76. The standard InChI is InChI=1S/C13H12BrCl2N3/c1-7-8(14)4-3-5-11(7)18-13-10(16)6-9(15)12(17-2)19-13/h3-6H,1-2H3,(H2,17,18,19). The molecule has 0 bridgehead atoms. The molecule has 0 saturated carbocycles. The molecule has 0 aliphatic carbocycles. The lowest BCUT2D eigenvalue weighted by Crippen LogP contribution is -2.01. The fourth-order valence-electron chi connectivity index (χ4n) is 1.60. The van der Waals surface area contributed by atoms with Gasteiger partial charge < -0.3 is 10.6 Å². The largest absolute Gasteiger partial charge is 0.372 e. The second kappa shape index (κ2) is 5.99. The fourth-order valence-corrected chi connectivity index (χ4v) is 2.47. The summed E-state index contributed by atoms with van der Waals surface area (Å²) in [5.74, 6) is 1.15. The van der Waals surface area contributed by atoms with E-state index in [0.717, 1.165) is 15.7 Å². The molecule has 1 aromatic heterocycles. The van der Waals surface area contributed by atoms with Crippen molar-refractivity contribution in [1.82, 2.24) is 4.98 Å². The summed E-state index contributed by atoms with van der Waals surface area (Å²) < 4.78 is 1.02. The molecule has 0 aliphatic heterocycles. The first-order valence-electron chi connectivity index (χ1n) is 5.59. The minimum absolute atomic E-state index is 0.475. The number of halogens is 3. The van der Waals surface area contributed by atoms with Crippen molar-refractivity contribution in [2.75, 3.05) is 17.7 Å². The van der Waals surface area contributed by atoms with Crippen LogP contribution < -0.4 is 10.6 Å². The Labute approximate surface area is 130 Å². The van der Waals surface area contributed by atoms with Crippen molar-refractivity contribution in [1.29, 1.82) is 0 Å². The highest BCUT2D eigenvalue weighted by Gasteiger charge is 2.10. The molecule has 0 unspecified atom stereocenters. The van der Waals surface area contributed by atoms with Crippen LogP contribution in [0.2, 0.25) is 10.0 Å². The van der Waals surface area contributed by atoms with Gasteiger partial charge in [-0.1, -0.05) is 45.2 Å². The number of hydrogen-bond acceptors (Lipinski definition) is 3. The zero-order valence-electron chi connectivity index (χ0n) is 10.4. The minimum Gasteiger partial charge on any atom is -0.372 e. The Bertz CT molecular complexity index is 617. The van der Waals surface area contributed by atoms with Crippen LogP contribution in [0.15, 0.2) is 28.7 Å². The van der Waals surface area contributed by atoms with Gasteiger partial charge in [0, 0.05) is 17.2 Å². The summed E-state index contributed by atoms with van der Waals surface area (Å²) in [4.78, 5) is 4.35. The number of benzene rings is 1. The minimum atomic E-state index is 0.475. The van der Waals surface area contributed by atoms with Gasteiger partial charge in [0.1, 0.15) is 5.82 Å². The normalized spacial score (nSPS) is 10.4. The average molecular weight is 361 g/mol. The van der Waals surface area contributed by atoms with Gasteiger partial charge in [0.25, 0.3) is 0 Å². The lowest BCUT2D eigenvalue weighted by atomic mass is 10.2. The Morgan fingerprint density at radius 2 is 1.84 bits per heavy atom. The van der Waals surface area contributed by atoms with Gasteiger partial charge in [-0.3, -0.25) is 0 Å². The predicted molar refractivity (Wildman–Crippen MR) is 86.0 cm³/mol. The smallest absolute Gasteiger partial charge is 0.151 e. The molecule has 0 aliphatic rings. The third kappa shape index (κ3) is 3.14. The average Bonchev–Trinajstić information content (AvgIpc) is 2.38. The van der Waals surface area contributed by atoms with Crippen LogP contribution in [0.4, 0.5) is 17.3 Å². The Balaban J connectivity index is 2.41.